The van der Waals surface area contributed by atoms with Crippen LogP contribution < -0.4 is 0 Å². The number of phenolic OH excluding ortho intramolecular Hbond substituents is 1. The summed E-state index contributed by atoms with van der Waals surface area (Å²) < 4.78 is 2.02. The van der Waals surface area contributed by atoms with Gasteiger partial charge in [-0.1, -0.05) is 29.3 Å². The molecule has 3 rings (SSSR count). The first-order valence-electron chi connectivity index (χ1n) is 6.38. The van der Waals surface area contributed by atoms with Gasteiger partial charge in [-0.25, -0.2) is 4.98 Å². The van der Waals surface area contributed by atoms with Crippen LogP contribution in [0, 0.1) is 0 Å². The molecule has 3 aromatic rings. The van der Waals surface area contributed by atoms with Gasteiger partial charge < -0.3 is 9.67 Å². The molecule has 0 aliphatic rings. The summed E-state index contributed by atoms with van der Waals surface area (Å²) in [5.41, 5.74) is 1.99. The highest BCUT2D eigenvalue weighted by molar-refractivity contribution is 6.42. The van der Waals surface area contributed by atoms with E-state index in [9.17, 15) is 5.11 Å². The van der Waals surface area contributed by atoms with Crippen LogP contribution in [0.25, 0.3) is 11.4 Å². The molecule has 0 unspecified atom stereocenters. The van der Waals surface area contributed by atoms with Gasteiger partial charge in [-0.05, 0) is 42.0 Å². The van der Waals surface area contributed by atoms with Crippen molar-refractivity contribution in [3.63, 3.8) is 0 Å². The normalized spacial score (nSPS) is 10.8. The van der Waals surface area contributed by atoms with Gasteiger partial charge in [0, 0.05) is 24.5 Å². The van der Waals surface area contributed by atoms with Crippen LogP contribution in [0.2, 0.25) is 10.0 Å². The molecule has 106 valence electrons. The van der Waals surface area contributed by atoms with E-state index >= 15 is 0 Å². The number of halogens is 2. The summed E-state index contributed by atoms with van der Waals surface area (Å²) >= 11 is 12.0. The van der Waals surface area contributed by atoms with E-state index in [0.29, 0.717) is 16.6 Å². The summed E-state index contributed by atoms with van der Waals surface area (Å²) in [6.45, 7) is 0.646. The van der Waals surface area contributed by atoms with Crippen molar-refractivity contribution in [1.82, 2.24) is 9.55 Å². The van der Waals surface area contributed by atoms with Gasteiger partial charge in [-0.2, -0.15) is 0 Å². The quantitative estimate of drug-likeness (QED) is 0.765. The largest absolute Gasteiger partial charge is 0.508 e. The van der Waals surface area contributed by atoms with Crippen molar-refractivity contribution in [2.45, 2.75) is 6.54 Å². The molecule has 0 amide bonds. The van der Waals surface area contributed by atoms with E-state index in [2.05, 4.69) is 4.98 Å². The van der Waals surface area contributed by atoms with E-state index in [1.807, 2.05) is 35.0 Å². The fourth-order valence-electron chi connectivity index (χ4n) is 2.14. The number of phenols is 1. The topological polar surface area (TPSA) is 38.1 Å². The molecule has 1 heterocycles. The molecule has 0 saturated carbocycles. The van der Waals surface area contributed by atoms with Gasteiger partial charge in [0.1, 0.15) is 11.6 Å². The first-order chi connectivity index (χ1) is 10.1. The van der Waals surface area contributed by atoms with Crippen LogP contribution in [0.1, 0.15) is 5.56 Å². The van der Waals surface area contributed by atoms with Gasteiger partial charge >= 0.3 is 0 Å². The van der Waals surface area contributed by atoms with Crippen molar-refractivity contribution in [3.05, 3.63) is 70.5 Å². The monoisotopic (exact) mass is 318 g/mol. The molecule has 3 nitrogen and oxygen atoms in total. The molecular formula is C16H12Cl2N2O. The van der Waals surface area contributed by atoms with E-state index in [0.717, 1.165) is 17.0 Å². The maximum atomic E-state index is 9.36. The molecule has 0 radical (unpaired) electrons. The van der Waals surface area contributed by atoms with Gasteiger partial charge in [-0.3, -0.25) is 0 Å². The van der Waals surface area contributed by atoms with E-state index in [1.165, 1.54) is 0 Å². The summed E-state index contributed by atoms with van der Waals surface area (Å²) in [7, 11) is 0. The van der Waals surface area contributed by atoms with E-state index in [4.69, 9.17) is 23.2 Å². The highest BCUT2D eigenvalue weighted by Gasteiger charge is 2.07. The maximum Gasteiger partial charge on any atom is 0.140 e. The van der Waals surface area contributed by atoms with Gasteiger partial charge in [0.25, 0.3) is 0 Å². The molecule has 0 fully saturated rings. The smallest absolute Gasteiger partial charge is 0.140 e. The minimum Gasteiger partial charge on any atom is -0.508 e. The SMILES string of the molecule is Oc1ccc(-c2nccn2Cc2ccc(Cl)c(Cl)c2)cc1. The second-order valence-electron chi connectivity index (χ2n) is 4.67. The lowest BCUT2D eigenvalue weighted by atomic mass is 10.2. The Hall–Kier alpha value is -1.97. The van der Waals surface area contributed by atoms with Crippen LogP contribution in [0.3, 0.4) is 0 Å². The zero-order valence-corrected chi connectivity index (χ0v) is 12.5. The number of benzene rings is 2. The van der Waals surface area contributed by atoms with Gasteiger partial charge in [-0.15, -0.1) is 0 Å². The van der Waals surface area contributed by atoms with Crippen LogP contribution in [0.4, 0.5) is 0 Å². The Labute approximate surface area is 132 Å². The zero-order valence-electron chi connectivity index (χ0n) is 11.0. The lowest BCUT2D eigenvalue weighted by Gasteiger charge is -2.09. The predicted molar refractivity (Wildman–Crippen MR) is 84.9 cm³/mol. The minimum absolute atomic E-state index is 0.237. The average molecular weight is 319 g/mol. The maximum absolute atomic E-state index is 9.36. The Balaban J connectivity index is 1.92. The molecule has 2 aromatic carbocycles. The van der Waals surface area contributed by atoms with E-state index in [1.54, 1.807) is 24.4 Å². The van der Waals surface area contributed by atoms with Gasteiger partial charge in [0.05, 0.1) is 10.0 Å². The van der Waals surface area contributed by atoms with Crippen LogP contribution in [-0.4, -0.2) is 14.7 Å². The molecule has 0 saturated heterocycles. The fraction of sp³-hybridized carbons (Fsp3) is 0.0625. The molecule has 1 aromatic heterocycles. The number of imidazole rings is 1. The Morgan fingerprint density at radius 2 is 1.76 bits per heavy atom. The van der Waals surface area contributed by atoms with Gasteiger partial charge in [0.2, 0.25) is 0 Å². The first kappa shape index (κ1) is 14.0. The third-order valence-corrected chi connectivity index (χ3v) is 3.92. The third kappa shape index (κ3) is 3.04. The van der Waals surface area contributed by atoms with Gasteiger partial charge in [0.15, 0.2) is 0 Å². The number of hydrogen-bond acceptors (Lipinski definition) is 2. The lowest BCUT2D eigenvalue weighted by Crippen LogP contribution is -2.01. The van der Waals surface area contributed by atoms with Crippen molar-refractivity contribution < 1.29 is 5.11 Å². The standard InChI is InChI=1S/C16H12Cl2N2O/c17-14-6-1-11(9-15(14)18)10-20-8-7-19-16(20)12-2-4-13(21)5-3-12/h1-9,21H,10H2. The fourth-order valence-corrected chi connectivity index (χ4v) is 2.46. The zero-order chi connectivity index (χ0) is 14.8. The molecule has 0 spiro atoms. The van der Waals surface area contributed by atoms with Crippen molar-refractivity contribution >= 4 is 23.2 Å². The Morgan fingerprint density at radius 1 is 1.00 bits per heavy atom. The van der Waals surface area contributed by atoms with Crippen LogP contribution in [0.15, 0.2) is 54.9 Å². The Bertz CT molecular complexity index is 766. The van der Waals surface area contributed by atoms with Crippen molar-refractivity contribution in [3.8, 4) is 17.1 Å². The number of aromatic hydroxyl groups is 1. The second-order valence-corrected chi connectivity index (χ2v) is 5.49. The highest BCUT2D eigenvalue weighted by Crippen LogP contribution is 2.25. The molecular weight excluding hydrogens is 307 g/mol. The summed E-state index contributed by atoms with van der Waals surface area (Å²) in [6.07, 6.45) is 3.66. The van der Waals surface area contributed by atoms with Crippen molar-refractivity contribution in [2.24, 2.45) is 0 Å². The van der Waals surface area contributed by atoms with Crippen LogP contribution in [0.5, 0.6) is 5.75 Å². The third-order valence-electron chi connectivity index (χ3n) is 3.18. The second kappa shape index (κ2) is 5.80. The molecule has 0 aliphatic heterocycles. The average Bonchev–Trinajstić information content (AvgIpc) is 2.92. The molecule has 1 N–H and O–H groups in total. The van der Waals surface area contributed by atoms with Crippen molar-refractivity contribution in [1.29, 1.82) is 0 Å². The predicted octanol–water partition coefficient (Wildman–Crippen LogP) is 4.61. The van der Waals surface area contributed by atoms with Crippen LogP contribution >= 0.6 is 23.2 Å². The Kier molecular flexibility index (Phi) is 3.86. The molecule has 5 heteroatoms. The molecule has 0 bridgehead atoms. The number of rotatable bonds is 3. The first-order valence-corrected chi connectivity index (χ1v) is 7.13. The summed E-state index contributed by atoms with van der Waals surface area (Å²) in [5.74, 6) is 1.07. The minimum atomic E-state index is 0.237. The van der Waals surface area contributed by atoms with E-state index in [-0.39, 0.29) is 5.75 Å². The Morgan fingerprint density at radius 3 is 2.48 bits per heavy atom. The van der Waals surface area contributed by atoms with E-state index < -0.39 is 0 Å². The highest BCUT2D eigenvalue weighted by atomic mass is 35.5. The number of aromatic nitrogens is 2. The molecule has 0 atom stereocenters. The molecule has 0 aliphatic carbocycles. The summed E-state index contributed by atoms with van der Waals surface area (Å²) in [5, 5.41) is 10.4. The number of nitrogens with zero attached hydrogens (tertiary/aromatic N) is 2. The van der Waals surface area contributed by atoms with Crippen LogP contribution in [-0.2, 0) is 6.54 Å². The lowest BCUT2D eigenvalue weighted by molar-refractivity contribution is 0.475. The number of hydrogen-bond donors (Lipinski definition) is 1. The summed E-state index contributed by atoms with van der Waals surface area (Å²) in [4.78, 5) is 4.37. The molecule has 21 heavy (non-hydrogen) atoms. The summed E-state index contributed by atoms with van der Waals surface area (Å²) in [6, 6.07) is 12.5. The van der Waals surface area contributed by atoms with Crippen molar-refractivity contribution in [2.75, 3.05) is 0 Å².